The average molecular weight is 1130 g/mol. The van der Waals surface area contributed by atoms with Crippen molar-refractivity contribution in [2.75, 3.05) is 9.80 Å². The Morgan fingerprint density at radius 2 is 1.01 bits per heavy atom. The van der Waals surface area contributed by atoms with Crippen molar-refractivity contribution in [1.82, 2.24) is 9.55 Å². The molecule has 0 bridgehead atoms. The molecule has 1 aliphatic rings. The monoisotopic (exact) mass is 1130 g/mol. The van der Waals surface area contributed by atoms with Gasteiger partial charge in [0.05, 0.1) is 0 Å². The zero-order valence-corrected chi connectivity index (χ0v) is 46.2. The third-order valence-corrected chi connectivity index (χ3v) is 14.3. The van der Waals surface area contributed by atoms with Crippen LogP contribution in [-0.2, 0) is 21.1 Å². The number of fused-ring (bicyclic) bond motifs is 4. The molecule has 0 unspecified atom stereocenters. The summed E-state index contributed by atoms with van der Waals surface area (Å²) < 4.78 is 9.36. The second-order valence-corrected chi connectivity index (χ2v) is 21.3. The van der Waals surface area contributed by atoms with E-state index in [1.807, 2.05) is 12.3 Å². The fraction of sp³-hybridized carbons (Fsp3) is 0.273. The van der Waals surface area contributed by atoms with E-state index in [-0.39, 0.29) is 21.1 Å². The van der Waals surface area contributed by atoms with Gasteiger partial charge in [-0.2, -0.15) is 6.07 Å². The fourth-order valence-corrected chi connectivity index (χ4v) is 10.5. The van der Waals surface area contributed by atoms with Gasteiger partial charge in [0.2, 0.25) is 0 Å². The summed E-state index contributed by atoms with van der Waals surface area (Å²) in [7, 11) is 0. The van der Waals surface area contributed by atoms with Crippen molar-refractivity contribution < 1.29 is 25.8 Å². The molecule has 6 heteroatoms. The second kappa shape index (κ2) is 20.6. The van der Waals surface area contributed by atoms with Gasteiger partial charge in [-0.1, -0.05) is 161 Å². The number of ether oxygens (including phenoxy) is 1. The molecule has 0 amide bonds. The zero-order valence-electron chi connectivity index (χ0n) is 43.9. The fourth-order valence-electron chi connectivity index (χ4n) is 10.5. The molecule has 0 spiro atoms. The van der Waals surface area contributed by atoms with Gasteiger partial charge in [0.1, 0.15) is 5.82 Å². The minimum Gasteiger partial charge on any atom is -0.509 e. The van der Waals surface area contributed by atoms with E-state index in [4.69, 9.17) is 9.72 Å². The largest absolute Gasteiger partial charge is 0.509 e. The van der Waals surface area contributed by atoms with Crippen molar-refractivity contribution in [2.45, 2.75) is 119 Å². The van der Waals surface area contributed by atoms with Gasteiger partial charge in [0, 0.05) is 61.3 Å². The molecule has 370 valence electrons. The number of rotatable bonds is 13. The van der Waals surface area contributed by atoms with Crippen molar-refractivity contribution >= 4 is 44.6 Å². The van der Waals surface area contributed by atoms with E-state index < -0.39 is 0 Å². The van der Waals surface area contributed by atoms with Gasteiger partial charge in [-0.25, -0.2) is 4.98 Å². The summed E-state index contributed by atoms with van der Waals surface area (Å²) in [4.78, 5) is 9.61. The summed E-state index contributed by atoms with van der Waals surface area (Å²) in [5.74, 6) is 4.20. The quantitative estimate of drug-likeness (QED) is 0.108. The summed E-state index contributed by atoms with van der Waals surface area (Å²) in [6.45, 7) is 29.8. The van der Waals surface area contributed by atoms with Crippen LogP contribution >= 0.6 is 0 Å². The Morgan fingerprint density at radius 1 is 0.472 bits per heavy atom. The van der Waals surface area contributed by atoms with E-state index in [1.165, 1.54) is 50.1 Å². The van der Waals surface area contributed by atoms with Crippen LogP contribution in [0.15, 0.2) is 146 Å². The number of benzene rings is 7. The molecule has 0 N–H and O–H groups in total. The molecular weight excluding hydrogens is 1060 g/mol. The zero-order chi connectivity index (χ0) is 49.8. The van der Waals surface area contributed by atoms with Crippen molar-refractivity contribution in [3.05, 3.63) is 198 Å². The van der Waals surface area contributed by atoms with E-state index in [0.717, 1.165) is 55.9 Å². The number of para-hydroxylation sites is 4. The van der Waals surface area contributed by atoms with Crippen LogP contribution in [-0.4, -0.2) is 9.55 Å². The molecule has 9 aromatic rings. The summed E-state index contributed by atoms with van der Waals surface area (Å²) in [6, 6.07) is 58.2. The number of hydrogen-bond donors (Lipinski definition) is 0. The van der Waals surface area contributed by atoms with E-state index in [9.17, 15) is 0 Å². The Kier molecular flexibility index (Phi) is 14.5. The number of aromatic nitrogens is 2. The molecule has 1 aliphatic heterocycles. The van der Waals surface area contributed by atoms with Crippen LogP contribution in [0.3, 0.4) is 0 Å². The van der Waals surface area contributed by atoms with Gasteiger partial charge in [-0.15, -0.1) is 53.6 Å². The Hall–Kier alpha value is -6.42. The molecular formula is C66H67N4OPt-3. The standard InChI is InChI=1S/C66H67N4O.Pt/c1-40(2)47-32-56(42(5)6)65(57(33-47)43(7)8)46-28-29-67-64(36-46)70-60-23-17-16-22-54(60)55-27-26-52(38-63(55)70)71-53-31-49(66-58(44(9)10)34-48(41(3)4)35-59(66)45(11)12)30-51(37-53)69-39-68(50-20-14-13-15-21-50)61-24-18-19-25-62(61)69;/h13-36,39-45H,1-12H3;/q-3;. The van der Waals surface area contributed by atoms with Gasteiger partial charge in [0.25, 0.3) is 0 Å². The van der Waals surface area contributed by atoms with Crippen LogP contribution < -0.4 is 14.5 Å². The van der Waals surface area contributed by atoms with Crippen LogP contribution in [0.4, 0.5) is 22.7 Å². The third-order valence-electron chi connectivity index (χ3n) is 14.3. The maximum Gasteiger partial charge on any atom is 0.136 e. The first-order valence-corrected chi connectivity index (χ1v) is 25.8. The molecule has 0 fully saturated rings. The summed E-state index contributed by atoms with van der Waals surface area (Å²) in [6.07, 6.45) is 1.97. The molecule has 0 saturated carbocycles. The third kappa shape index (κ3) is 9.42. The minimum atomic E-state index is 0. The summed E-state index contributed by atoms with van der Waals surface area (Å²) in [5, 5.41) is 2.22. The molecule has 0 radical (unpaired) electrons. The van der Waals surface area contributed by atoms with Gasteiger partial charge in [0.15, 0.2) is 0 Å². The molecule has 2 aromatic heterocycles. The Balaban J connectivity index is 0.00000640. The smallest absolute Gasteiger partial charge is 0.136 e. The van der Waals surface area contributed by atoms with Gasteiger partial charge < -0.3 is 19.1 Å². The first-order valence-electron chi connectivity index (χ1n) is 25.8. The van der Waals surface area contributed by atoms with E-state index >= 15 is 0 Å². The van der Waals surface area contributed by atoms with Crippen molar-refractivity contribution in [3.63, 3.8) is 0 Å². The van der Waals surface area contributed by atoms with Crippen LogP contribution in [0.2, 0.25) is 0 Å². The molecule has 5 nitrogen and oxygen atoms in total. The van der Waals surface area contributed by atoms with Crippen LogP contribution in [0, 0.1) is 18.8 Å². The predicted octanol–water partition coefficient (Wildman–Crippen LogP) is 19.1. The number of pyridine rings is 1. The minimum absolute atomic E-state index is 0. The maximum atomic E-state index is 7.11. The SMILES string of the molecule is CC(C)c1cc(C(C)C)c(-c2cc(Oc3[c-]c4c(cc3)c3ccccc3n4-c3cc(-c4c(C(C)C)cc(C(C)C)cc4C(C)C)ccn3)[c-]c(N3[CH-]N(c4ccccc4)c4ccccc43)c2)c(C(C)C)c1.[Pt]. The normalized spacial score (nSPS) is 12.7. The first kappa shape index (κ1) is 50.5. The molecule has 3 heterocycles. The van der Waals surface area contributed by atoms with Crippen molar-refractivity contribution in [2.24, 2.45) is 0 Å². The van der Waals surface area contributed by atoms with Gasteiger partial charge in [-0.3, -0.25) is 0 Å². The number of nitrogens with zero attached hydrogens (tertiary/aromatic N) is 4. The topological polar surface area (TPSA) is 33.5 Å². The molecule has 7 aromatic carbocycles. The summed E-state index contributed by atoms with van der Waals surface area (Å²) >= 11 is 0. The summed E-state index contributed by atoms with van der Waals surface area (Å²) in [5.41, 5.74) is 19.1. The Bertz CT molecular complexity index is 3360. The van der Waals surface area contributed by atoms with Gasteiger partial charge >= 0.3 is 0 Å². The van der Waals surface area contributed by atoms with Crippen molar-refractivity contribution in [3.8, 4) is 39.6 Å². The molecule has 0 atom stereocenters. The first-order chi connectivity index (χ1) is 34.2. The number of anilines is 4. The van der Waals surface area contributed by atoms with Crippen LogP contribution in [0.5, 0.6) is 11.5 Å². The van der Waals surface area contributed by atoms with Crippen LogP contribution in [0.25, 0.3) is 49.9 Å². The number of hydrogen-bond acceptors (Lipinski definition) is 4. The predicted molar refractivity (Wildman–Crippen MR) is 300 cm³/mol. The second-order valence-electron chi connectivity index (χ2n) is 21.3. The maximum absolute atomic E-state index is 7.11. The van der Waals surface area contributed by atoms with E-state index in [1.54, 1.807) is 0 Å². The Morgan fingerprint density at radius 3 is 1.60 bits per heavy atom. The van der Waals surface area contributed by atoms with Crippen molar-refractivity contribution in [1.29, 1.82) is 0 Å². The molecule has 72 heavy (non-hydrogen) atoms. The van der Waals surface area contributed by atoms with E-state index in [2.05, 4.69) is 250 Å². The van der Waals surface area contributed by atoms with Crippen LogP contribution in [0.1, 0.15) is 152 Å². The molecule has 0 saturated heterocycles. The van der Waals surface area contributed by atoms with E-state index in [0.29, 0.717) is 47.0 Å². The molecule has 10 rings (SSSR count). The van der Waals surface area contributed by atoms with Gasteiger partial charge in [-0.05, 0) is 133 Å². The molecule has 0 aliphatic carbocycles. The Labute approximate surface area is 443 Å². The average Bonchev–Trinajstić information content (AvgIpc) is 3.92.